The lowest BCUT2D eigenvalue weighted by Crippen LogP contribution is -2.14. The molecule has 13 heavy (non-hydrogen) atoms. The molecule has 1 aromatic carbocycles. The Morgan fingerprint density at radius 3 is 3.08 bits per heavy atom. The van der Waals surface area contributed by atoms with Crippen molar-refractivity contribution in [3.63, 3.8) is 0 Å². The molecule has 2 nitrogen and oxygen atoms in total. The molecule has 1 aliphatic rings. The minimum absolute atomic E-state index is 0.0419. The molecule has 1 aliphatic heterocycles. The van der Waals surface area contributed by atoms with Crippen LogP contribution >= 0.6 is 15.9 Å². The largest absolute Gasteiger partial charge is 0.489 e. The Morgan fingerprint density at radius 1 is 1.38 bits per heavy atom. The summed E-state index contributed by atoms with van der Waals surface area (Å²) >= 11 is 3.21. The summed E-state index contributed by atoms with van der Waals surface area (Å²) in [6.07, 6.45) is 1.93. The molecule has 0 unspecified atom stereocenters. The zero-order valence-corrected chi connectivity index (χ0v) is 8.63. The molecule has 0 saturated heterocycles. The molecule has 0 amide bonds. The van der Waals surface area contributed by atoms with Crippen LogP contribution in [0.2, 0.25) is 0 Å². The summed E-state index contributed by atoms with van der Waals surface area (Å²) in [5.74, 6) is 0.517. The fourth-order valence-electron chi connectivity index (χ4n) is 1.45. The SMILES string of the molecule is O=c1c(Br)cccc2c1OCCC2. The van der Waals surface area contributed by atoms with Crippen LogP contribution in [-0.4, -0.2) is 6.61 Å². The summed E-state index contributed by atoms with van der Waals surface area (Å²) in [4.78, 5) is 11.6. The topological polar surface area (TPSA) is 26.3 Å². The van der Waals surface area contributed by atoms with E-state index >= 15 is 0 Å². The first-order chi connectivity index (χ1) is 6.29. The average Bonchev–Trinajstić information content (AvgIpc) is 2.29. The second-order valence-electron chi connectivity index (χ2n) is 3.01. The third kappa shape index (κ3) is 1.61. The Kier molecular flexibility index (Phi) is 2.36. The highest BCUT2D eigenvalue weighted by molar-refractivity contribution is 9.10. The maximum Gasteiger partial charge on any atom is 0.234 e. The molecular formula is C10H9BrO2. The molecule has 2 rings (SSSR count). The van der Waals surface area contributed by atoms with Gasteiger partial charge in [0.1, 0.15) is 0 Å². The van der Waals surface area contributed by atoms with Crippen LogP contribution in [0, 0.1) is 0 Å². The van der Waals surface area contributed by atoms with Crippen molar-refractivity contribution in [3.8, 4) is 5.75 Å². The third-order valence-corrected chi connectivity index (χ3v) is 2.72. The lowest BCUT2D eigenvalue weighted by Gasteiger charge is -2.13. The van der Waals surface area contributed by atoms with Crippen LogP contribution in [0.25, 0.3) is 0 Å². The van der Waals surface area contributed by atoms with Gasteiger partial charge in [0.25, 0.3) is 0 Å². The van der Waals surface area contributed by atoms with E-state index < -0.39 is 0 Å². The Bertz CT molecular complexity index is 387. The van der Waals surface area contributed by atoms with Crippen molar-refractivity contribution in [2.24, 2.45) is 0 Å². The zero-order chi connectivity index (χ0) is 9.26. The summed E-state index contributed by atoms with van der Waals surface area (Å²) in [5.41, 5.74) is 0.974. The van der Waals surface area contributed by atoms with Crippen LogP contribution in [-0.2, 0) is 6.42 Å². The predicted octanol–water partition coefficient (Wildman–Crippen LogP) is 2.13. The number of rotatable bonds is 0. The van der Waals surface area contributed by atoms with Crippen molar-refractivity contribution in [1.82, 2.24) is 0 Å². The van der Waals surface area contributed by atoms with E-state index in [9.17, 15) is 4.79 Å². The number of aryl methyl sites for hydroxylation is 1. The zero-order valence-electron chi connectivity index (χ0n) is 7.05. The van der Waals surface area contributed by atoms with Crippen molar-refractivity contribution in [3.05, 3.63) is 38.5 Å². The Hall–Kier alpha value is -0.830. The first-order valence-corrected chi connectivity index (χ1v) is 5.03. The number of hydrogen-bond donors (Lipinski definition) is 0. The Balaban J connectivity index is 2.70. The molecule has 0 spiro atoms. The summed E-state index contributed by atoms with van der Waals surface area (Å²) in [6.45, 7) is 0.651. The summed E-state index contributed by atoms with van der Waals surface area (Å²) in [7, 11) is 0. The molecule has 0 bridgehead atoms. The molecule has 0 saturated carbocycles. The average molecular weight is 241 g/mol. The maximum absolute atomic E-state index is 11.6. The van der Waals surface area contributed by atoms with E-state index in [1.807, 2.05) is 12.1 Å². The summed E-state index contributed by atoms with van der Waals surface area (Å²) in [5, 5.41) is 0. The first kappa shape index (κ1) is 8.75. The van der Waals surface area contributed by atoms with Crippen LogP contribution in [0.3, 0.4) is 0 Å². The van der Waals surface area contributed by atoms with Gasteiger partial charge in [-0.05, 0) is 40.4 Å². The van der Waals surface area contributed by atoms with Gasteiger partial charge >= 0.3 is 0 Å². The molecule has 0 aromatic heterocycles. The molecule has 0 N–H and O–H groups in total. The van der Waals surface area contributed by atoms with Gasteiger partial charge in [0.15, 0.2) is 5.75 Å². The van der Waals surface area contributed by atoms with Gasteiger partial charge in [-0.25, -0.2) is 0 Å². The van der Waals surface area contributed by atoms with Crippen molar-refractivity contribution in [2.75, 3.05) is 6.61 Å². The van der Waals surface area contributed by atoms with Crippen LogP contribution in [0.5, 0.6) is 5.75 Å². The highest BCUT2D eigenvalue weighted by Crippen LogP contribution is 2.20. The van der Waals surface area contributed by atoms with Crippen molar-refractivity contribution >= 4 is 15.9 Å². The monoisotopic (exact) mass is 240 g/mol. The van der Waals surface area contributed by atoms with Crippen molar-refractivity contribution in [1.29, 1.82) is 0 Å². The van der Waals surface area contributed by atoms with Gasteiger partial charge in [0.2, 0.25) is 5.43 Å². The van der Waals surface area contributed by atoms with Gasteiger partial charge in [0, 0.05) is 0 Å². The van der Waals surface area contributed by atoms with Crippen molar-refractivity contribution < 1.29 is 4.74 Å². The van der Waals surface area contributed by atoms with Gasteiger partial charge in [-0.3, -0.25) is 4.79 Å². The molecule has 0 radical (unpaired) electrons. The number of ether oxygens (including phenoxy) is 1. The smallest absolute Gasteiger partial charge is 0.234 e. The predicted molar refractivity (Wildman–Crippen MR) is 54.2 cm³/mol. The normalized spacial score (nSPS) is 14.5. The van der Waals surface area contributed by atoms with E-state index in [4.69, 9.17) is 4.74 Å². The lowest BCUT2D eigenvalue weighted by atomic mass is 10.1. The van der Waals surface area contributed by atoms with E-state index in [1.165, 1.54) is 0 Å². The lowest BCUT2D eigenvalue weighted by molar-refractivity contribution is 0.286. The Labute approximate surface area is 84.7 Å². The minimum Gasteiger partial charge on any atom is -0.489 e. The summed E-state index contributed by atoms with van der Waals surface area (Å²) < 4.78 is 5.92. The molecular weight excluding hydrogens is 232 g/mol. The van der Waals surface area contributed by atoms with Gasteiger partial charge in [-0.1, -0.05) is 12.1 Å². The highest BCUT2D eigenvalue weighted by Gasteiger charge is 2.13. The quantitative estimate of drug-likeness (QED) is 0.695. The van der Waals surface area contributed by atoms with E-state index in [0.29, 0.717) is 16.8 Å². The van der Waals surface area contributed by atoms with E-state index in [1.54, 1.807) is 6.07 Å². The molecule has 0 fully saturated rings. The van der Waals surface area contributed by atoms with Gasteiger partial charge in [-0.2, -0.15) is 0 Å². The standard InChI is InChI=1S/C10H9BrO2/c11-8-5-1-3-7-4-2-6-13-10(7)9(8)12/h1,3,5H,2,4,6H2. The van der Waals surface area contributed by atoms with E-state index in [-0.39, 0.29) is 5.43 Å². The van der Waals surface area contributed by atoms with Crippen LogP contribution < -0.4 is 10.2 Å². The first-order valence-electron chi connectivity index (χ1n) is 4.23. The second kappa shape index (κ2) is 3.50. The number of hydrogen-bond acceptors (Lipinski definition) is 2. The van der Waals surface area contributed by atoms with Crippen molar-refractivity contribution in [2.45, 2.75) is 12.8 Å². The Morgan fingerprint density at radius 2 is 2.23 bits per heavy atom. The highest BCUT2D eigenvalue weighted by atomic mass is 79.9. The fourth-order valence-corrected chi connectivity index (χ4v) is 1.78. The van der Waals surface area contributed by atoms with Gasteiger partial charge in [0.05, 0.1) is 11.1 Å². The second-order valence-corrected chi connectivity index (χ2v) is 3.86. The van der Waals surface area contributed by atoms with Crippen LogP contribution in [0.15, 0.2) is 27.5 Å². The number of halogens is 1. The van der Waals surface area contributed by atoms with E-state index in [0.717, 1.165) is 18.4 Å². The third-order valence-electron chi connectivity index (χ3n) is 2.09. The fraction of sp³-hybridized carbons (Fsp3) is 0.300. The van der Waals surface area contributed by atoms with Crippen LogP contribution in [0.1, 0.15) is 12.0 Å². The molecule has 1 heterocycles. The maximum atomic E-state index is 11.6. The van der Waals surface area contributed by atoms with Gasteiger partial charge < -0.3 is 4.74 Å². The minimum atomic E-state index is -0.0419. The van der Waals surface area contributed by atoms with E-state index in [2.05, 4.69) is 15.9 Å². The van der Waals surface area contributed by atoms with Gasteiger partial charge in [-0.15, -0.1) is 0 Å². The molecule has 0 atom stereocenters. The number of fused-ring (bicyclic) bond motifs is 1. The van der Waals surface area contributed by atoms with Crippen LogP contribution in [0.4, 0.5) is 0 Å². The molecule has 0 aliphatic carbocycles. The molecule has 1 aromatic rings. The molecule has 3 heteroatoms. The molecule has 68 valence electrons. The summed E-state index contributed by atoms with van der Waals surface area (Å²) in [6, 6.07) is 5.57.